The number of phenolic OH excluding ortho intramolecular Hbond substituents is 1. The number of hydrogen-bond donors (Lipinski definition) is 2. The second-order valence-electron chi connectivity index (χ2n) is 4.26. The first-order valence-electron chi connectivity index (χ1n) is 5.58. The van der Waals surface area contributed by atoms with Gasteiger partial charge in [-0.2, -0.15) is 0 Å². The van der Waals surface area contributed by atoms with E-state index < -0.39 is 0 Å². The van der Waals surface area contributed by atoms with Crippen molar-refractivity contribution >= 4 is 11.6 Å². The number of phenols is 1. The molecule has 1 fully saturated rings. The number of nitrogens with one attached hydrogen (secondary N) is 1. The third-order valence-electron chi connectivity index (χ3n) is 2.95. The summed E-state index contributed by atoms with van der Waals surface area (Å²) in [6.45, 7) is 6.72. The lowest BCUT2D eigenvalue weighted by Gasteiger charge is -2.27. The molecular formula is C12H17ClN2O. The second-order valence-corrected chi connectivity index (χ2v) is 4.69. The van der Waals surface area contributed by atoms with E-state index in [1.54, 1.807) is 6.07 Å². The van der Waals surface area contributed by atoms with Crippen molar-refractivity contribution in [1.29, 1.82) is 0 Å². The van der Waals surface area contributed by atoms with Crippen molar-refractivity contribution in [1.82, 2.24) is 10.2 Å². The molecule has 0 aromatic heterocycles. The smallest absolute Gasteiger partial charge is 0.123 e. The summed E-state index contributed by atoms with van der Waals surface area (Å²) in [5.74, 6) is 0.378. The van der Waals surface area contributed by atoms with E-state index >= 15 is 0 Å². The van der Waals surface area contributed by atoms with Gasteiger partial charge in [-0.15, -0.1) is 0 Å². The van der Waals surface area contributed by atoms with Crippen molar-refractivity contribution < 1.29 is 5.11 Å². The van der Waals surface area contributed by atoms with E-state index in [0.29, 0.717) is 10.8 Å². The maximum absolute atomic E-state index is 9.95. The zero-order valence-corrected chi connectivity index (χ0v) is 10.2. The van der Waals surface area contributed by atoms with Gasteiger partial charge in [-0.05, 0) is 24.6 Å². The third-order valence-corrected chi connectivity index (χ3v) is 3.17. The predicted molar refractivity (Wildman–Crippen MR) is 66.0 cm³/mol. The molecule has 0 saturated carbocycles. The Kier molecular flexibility index (Phi) is 3.69. The number of nitrogens with zero attached hydrogens (tertiary/aromatic N) is 1. The quantitative estimate of drug-likeness (QED) is 0.827. The van der Waals surface area contributed by atoms with E-state index in [1.165, 1.54) is 0 Å². The highest BCUT2D eigenvalue weighted by molar-refractivity contribution is 6.30. The molecule has 0 unspecified atom stereocenters. The van der Waals surface area contributed by atoms with E-state index in [1.807, 2.05) is 13.0 Å². The molecule has 1 saturated heterocycles. The largest absolute Gasteiger partial charge is 0.507 e. The zero-order chi connectivity index (χ0) is 11.5. The van der Waals surface area contributed by atoms with Crippen molar-refractivity contribution in [2.45, 2.75) is 13.5 Å². The number of aromatic hydroxyl groups is 1. The van der Waals surface area contributed by atoms with Crippen LogP contribution in [0.2, 0.25) is 5.02 Å². The van der Waals surface area contributed by atoms with E-state index in [0.717, 1.165) is 43.9 Å². The van der Waals surface area contributed by atoms with Gasteiger partial charge in [0.25, 0.3) is 0 Å². The van der Waals surface area contributed by atoms with Gasteiger partial charge in [0.2, 0.25) is 0 Å². The summed E-state index contributed by atoms with van der Waals surface area (Å²) in [6.07, 6.45) is 0. The van der Waals surface area contributed by atoms with Crippen LogP contribution in [0.25, 0.3) is 0 Å². The molecule has 0 bridgehead atoms. The van der Waals surface area contributed by atoms with Gasteiger partial charge in [0.05, 0.1) is 0 Å². The lowest BCUT2D eigenvalue weighted by Crippen LogP contribution is -2.42. The molecule has 0 aliphatic carbocycles. The number of aryl methyl sites for hydroxylation is 1. The topological polar surface area (TPSA) is 35.5 Å². The third kappa shape index (κ3) is 2.67. The van der Waals surface area contributed by atoms with Crippen molar-refractivity contribution in [3.8, 4) is 5.75 Å². The number of halogens is 1. The summed E-state index contributed by atoms with van der Waals surface area (Å²) in [6, 6.07) is 3.64. The van der Waals surface area contributed by atoms with E-state index in [9.17, 15) is 5.11 Å². The van der Waals surface area contributed by atoms with Gasteiger partial charge in [-0.25, -0.2) is 0 Å². The molecule has 0 spiro atoms. The molecular weight excluding hydrogens is 224 g/mol. The molecule has 16 heavy (non-hydrogen) atoms. The molecule has 0 radical (unpaired) electrons. The molecule has 88 valence electrons. The first-order valence-corrected chi connectivity index (χ1v) is 5.95. The fourth-order valence-corrected chi connectivity index (χ4v) is 2.33. The number of piperazine rings is 1. The van der Waals surface area contributed by atoms with Crippen molar-refractivity contribution in [3.63, 3.8) is 0 Å². The summed E-state index contributed by atoms with van der Waals surface area (Å²) in [4.78, 5) is 2.32. The Morgan fingerprint density at radius 2 is 2.06 bits per heavy atom. The van der Waals surface area contributed by atoms with Crippen molar-refractivity contribution in [3.05, 3.63) is 28.3 Å². The highest BCUT2D eigenvalue weighted by atomic mass is 35.5. The Labute approximate surface area is 101 Å². The van der Waals surface area contributed by atoms with Crippen LogP contribution in [-0.4, -0.2) is 36.2 Å². The minimum Gasteiger partial charge on any atom is -0.507 e. The van der Waals surface area contributed by atoms with Gasteiger partial charge in [0.1, 0.15) is 5.75 Å². The van der Waals surface area contributed by atoms with Gasteiger partial charge in [-0.1, -0.05) is 11.6 Å². The summed E-state index contributed by atoms with van der Waals surface area (Å²) >= 11 is 6.00. The number of hydrogen-bond acceptors (Lipinski definition) is 3. The van der Waals surface area contributed by atoms with Crippen LogP contribution in [0.5, 0.6) is 5.75 Å². The van der Waals surface area contributed by atoms with Crippen molar-refractivity contribution in [2.75, 3.05) is 26.2 Å². The first kappa shape index (κ1) is 11.7. The molecule has 0 atom stereocenters. The molecule has 1 aromatic carbocycles. The van der Waals surface area contributed by atoms with Gasteiger partial charge < -0.3 is 10.4 Å². The van der Waals surface area contributed by atoms with Gasteiger partial charge in [-0.3, -0.25) is 4.90 Å². The molecule has 3 nitrogen and oxygen atoms in total. The maximum Gasteiger partial charge on any atom is 0.123 e. The highest BCUT2D eigenvalue weighted by Gasteiger charge is 2.13. The summed E-state index contributed by atoms with van der Waals surface area (Å²) in [5, 5.41) is 14.0. The summed E-state index contributed by atoms with van der Waals surface area (Å²) in [5.41, 5.74) is 1.77. The van der Waals surface area contributed by atoms with Crippen LogP contribution in [-0.2, 0) is 6.54 Å². The summed E-state index contributed by atoms with van der Waals surface area (Å²) in [7, 11) is 0. The Bertz CT molecular complexity index is 376. The standard InChI is InChI=1S/C12H17ClN2O/c1-9-6-11(13)7-10(12(9)16)8-15-4-2-14-3-5-15/h6-7,14,16H,2-5,8H2,1H3. The molecule has 2 N–H and O–H groups in total. The molecule has 2 rings (SSSR count). The van der Waals surface area contributed by atoms with Crippen LogP contribution in [0, 0.1) is 6.92 Å². The molecule has 0 amide bonds. The number of benzene rings is 1. The van der Waals surface area contributed by atoms with Crippen LogP contribution in [0.4, 0.5) is 0 Å². The van der Waals surface area contributed by atoms with Crippen LogP contribution >= 0.6 is 11.6 Å². The lowest BCUT2D eigenvalue weighted by molar-refractivity contribution is 0.230. The SMILES string of the molecule is Cc1cc(Cl)cc(CN2CCNCC2)c1O. The maximum atomic E-state index is 9.95. The fraction of sp³-hybridized carbons (Fsp3) is 0.500. The van der Waals surface area contributed by atoms with Crippen molar-refractivity contribution in [2.24, 2.45) is 0 Å². The minimum atomic E-state index is 0.378. The highest BCUT2D eigenvalue weighted by Crippen LogP contribution is 2.27. The predicted octanol–water partition coefficient (Wildman–Crippen LogP) is 1.76. The van der Waals surface area contributed by atoms with E-state index in [-0.39, 0.29) is 0 Å². The Morgan fingerprint density at radius 3 is 2.75 bits per heavy atom. The fourth-order valence-electron chi connectivity index (χ4n) is 2.04. The van der Waals surface area contributed by atoms with Crippen LogP contribution in [0.3, 0.4) is 0 Å². The summed E-state index contributed by atoms with van der Waals surface area (Å²) < 4.78 is 0. The Hall–Kier alpha value is -0.770. The van der Waals surface area contributed by atoms with Crippen LogP contribution in [0.1, 0.15) is 11.1 Å². The molecule has 1 aromatic rings. The second kappa shape index (κ2) is 5.04. The zero-order valence-electron chi connectivity index (χ0n) is 9.46. The van der Waals surface area contributed by atoms with E-state index in [2.05, 4.69) is 10.2 Å². The Morgan fingerprint density at radius 1 is 1.38 bits per heavy atom. The average Bonchev–Trinajstić information content (AvgIpc) is 2.27. The molecule has 4 heteroatoms. The molecule has 1 aliphatic heterocycles. The molecule has 1 heterocycles. The lowest BCUT2D eigenvalue weighted by atomic mass is 10.1. The van der Waals surface area contributed by atoms with Crippen LogP contribution < -0.4 is 5.32 Å². The number of rotatable bonds is 2. The van der Waals surface area contributed by atoms with Crippen LogP contribution in [0.15, 0.2) is 12.1 Å². The Balaban J connectivity index is 2.13. The average molecular weight is 241 g/mol. The minimum absolute atomic E-state index is 0.378. The first-order chi connectivity index (χ1) is 7.66. The van der Waals surface area contributed by atoms with Gasteiger partial charge >= 0.3 is 0 Å². The monoisotopic (exact) mass is 240 g/mol. The van der Waals surface area contributed by atoms with Gasteiger partial charge in [0, 0.05) is 43.3 Å². The normalized spacial score (nSPS) is 17.6. The van der Waals surface area contributed by atoms with Gasteiger partial charge in [0.15, 0.2) is 0 Å². The molecule has 1 aliphatic rings. The van der Waals surface area contributed by atoms with E-state index in [4.69, 9.17) is 11.6 Å².